The van der Waals surface area contributed by atoms with Gasteiger partial charge in [-0.3, -0.25) is 0 Å². The van der Waals surface area contributed by atoms with Crippen molar-refractivity contribution in [2.45, 2.75) is 6.92 Å². The molecular formula is C9H12N4S. The normalized spacial score (nSPS) is 10.7. The average Bonchev–Trinajstić information content (AvgIpc) is 2.54. The minimum Gasteiger partial charge on any atom is -0.369 e. The van der Waals surface area contributed by atoms with Crippen LogP contribution >= 0.6 is 11.3 Å². The van der Waals surface area contributed by atoms with Crippen molar-refractivity contribution < 1.29 is 0 Å². The van der Waals surface area contributed by atoms with Gasteiger partial charge in [0.05, 0.1) is 5.01 Å². The summed E-state index contributed by atoms with van der Waals surface area (Å²) in [5, 5.41) is 4.18. The number of nitrogens with zero attached hydrogens (tertiary/aromatic N) is 2. The minimum absolute atomic E-state index is 0.613. The van der Waals surface area contributed by atoms with Crippen molar-refractivity contribution in [1.82, 2.24) is 9.97 Å². The molecule has 2 aromatic rings. The van der Waals surface area contributed by atoms with Gasteiger partial charge in [-0.2, -0.15) is 0 Å². The molecule has 0 atom stereocenters. The van der Waals surface area contributed by atoms with Crippen molar-refractivity contribution in [3.63, 3.8) is 0 Å². The molecule has 0 aliphatic carbocycles. The Hall–Kier alpha value is -1.20. The summed E-state index contributed by atoms with van der Waals surface area (Å²) in [4.78, 5) is 9.74. The number of pyridine rings is 1. The Morgan fingerprint density at radius 3 is 3.07 bits per heavy atom. The van der Waals surface area contributed by atoms with Gasteiger partial charge in [-0.15, -0.1) is 0 Å². The van der Waals surface area contributed by atoms with E-state index in [0.29, 0.717) is 6.54 Å². The second-order valence-electron chi connectivity index (χ2n) is 2.97. The maximum Gasteiger partial charge on any atom is 0.145 e. The summed E-state index contributed by atoms with van der Waals surface area (Å²) in [6.45, 7) is 3.34. The highest BCUT2D eigenvalue weighted by atomic mass is 32.1. The van der Waals surface area contributed by atoms with Crippen LogP contribution in [0.5, 0.6) is 0 Å². The molecule has 0 amide bonds. The monoisotopic (exact) mass is 208 g/mol. The first kappa shape index (κ1) is 9.36. The largest absolute Gasteiger partial charge is 0.369 e. The summed E-state index contributed by atoms with van der Waals surface area (Å²) in [5.41, 5.74) is 6.36. The lowest BCUT2D eigenvalue weighted by Crippen LogP contribution is -2.13. The Balaban J connectivity index is 2.31. The van der Waals surface area contributed by atoms with Crippen molar-refractivity contribution >= 4 is 27.5 Å². The summed E-state index contributed by atoms with van der Waals surface area (Å²) in [6.07, 6.45) is 0. The van der Waals surface area contributed by atoms with E-state index in [2.05, 4.69) is 15.3 Å². The van der Waals surface area contributed by atoms with Gasteiger partial charge < -0.3 is 11.1 Å². The number of hydrogen-bond donors (Lipinski definition) is 2. The second-order valence-corrected chi connectivity index (χ2v) is 4.15. The first-order valence-electron chi connectivity index (χ1n) is 4.48. The zero-order valence-electron chi connectivity index (χ0n) is 7.95. The van der Waals surface area contributed by atoms with E-state index in [0.717, 1.165) is 27.7 Å². The summed E-state index contributed by atoms with van der Waals surface area (Å²) < 4.78 is 0. The maximum atomic E-state index is 5.39. The number of fused-ring (bicyclic) bond motifs is 1. The molecule has 0 radical (unpaired) electrons. The lowest BCUT2D eigenvalue weighted by Gasteiger charge is -2.01. The summed E-state index contributed by atoms with van der Waals surface area (Å²) in [5.74, 6) is 0.867. The molecule has 2 rings (SSSR count). The third-order valence-corrected chi connectivity index (χ3v) is 2.69. The van der Waals surface area contributed by atoms with Crippen LogP contribution in [0.3, 0.4) is 0 Å². The van der Waals surface area contributed by atoms with Crippen molar-refractivity contribution in [3.8, 4) is 0 Å². The Morgan fingerprint density at radius 2 is 2.29 bits per heavy atom. The highest BCUT2D eigenvalue weighted by Crippen LogP contribution is 2.20. The van der Waals surface area contributed by atoms with Crippen LogP contribution in [0.4, 0.5) is 5.82 Å². The van der Waals surface area contributed by atoms with Gasteiger partial charge in [-0.1, -0.05) is 11.3 Å². The lowest BCUT2D eigenvalue weighted by atomic mass is 10.4. The molecule has 0 aromatic carbocycles. The molecule has 74 valence electrons. The van der Waals surface area contributed by atoms with Crippen LogP contribution in [0.15, 0.2) is 12.1 Å². The molecule has 0 spiro atoms. The van der Waals surface area contributed by atoms with Crippen LogP contribution in [0.25, 0.3) is 10.3 Å². The van der Waals surface area contributed by atoms with Crippen molar-refractivity contribution in [3.05, 3.63) is 17.1 Å². The predicted molar refractivity (Wildman–Crippen MR) is 59.7 cm³/mol. The molecule has 4 nitrogen and oxygen atoms in total. The van der Waals surface area contributed by atoms with Crippen molar-refractivity contribution in [2.75, 3.05) is 18.4 Å². The van der Waals surface area contributed by atoms with Crippen LogP contribution in [0, 0.1) is 6.92 Å². The molecular weight excluding hydrogens is 196 g/mol. The summed E-state index contributed by atoms with van der Waals surface area (Å²) in [6, 6.07) is 3.90. The number of thiazole rings is 1. The first-order chi connectivity index (χ1) is 6.79. The first-order valence-corrected chi connectivity index (χ1v) is 5.29. The number of nitrogens with two attached hydrogens (primary N) is 1. The number of anilines is 1. The van der Waals surface area contributed by atoms with E-state index in [4.69, 9.17) is 5.73 Å². The van der Waals surface area contributed by atoms with Crippen molar-refractivity contribution in [1.29, 1.82) is 0 Å². The predicted octanol–water partition coefficient (Wildman–Crippen LogP) is 1.37. The second kappa shape index (κ2) is 3.89. The molecule has 0 bridgehead atoms. The third kappa shape index (κ3) is 1.83. The van der Waals surface area contributed by atoms with E-state index in [1.165, 1.54) is 0 Å². The molecule has 0 saturated heterocycles. The van der Waals surface area contributed by atoms with E-state index in [-0.39, 0.29) is 0 Å². The van der Waals surface area contributed by atoms with Crippen LogP contribution in [-0.2, 0) is 0 Å². The Bertz CT molecular complexity index is 437. The molecule has 0 saturated carbocycles. The molecule has 5 heteroatoms. The van der Waals surface area contributed by atoms with Gasteiger partial charge >= 0.3 is 0 Å². The van der Waals surface area contributed by atoms with Gasteiger partial charge in [0.25, 0.3) is 0 Å². The number of aromatic nitrogens is 2. The molecule has 0 unspecified atom stereocenters. The molecule has 0 aliphatic heterocycles. The molecule has 14 heavy (non-hydrogen) atoms. The van der Waals surface area contributed by atoms with E-state index in [9.17, 15) is 0 Å². The summed E-state index contributed by atoms with van der Waals surface area (Å²) in [7, 11) is 0. The number of rotatable bonds is 3. The SMILES string of the molecule is Cc1nc2ccc(NCCN)nc2s1. The van der Waals surface area contributed by atoms with E-state index >= 15 is 0 Å². The molecule has 2 aromatic heterocycles. The van der Waals surface area contributed by atoms with Gasteiger partial charge in [0.2, 0.25) is 0 Å². The van der Waals surface area contributed by atoms with Gasteiger partial charge in [-0.25, -0.2) is 9.97 Å². The number of hydrogen-bond acceptors (Lipinski definition) is 5. The molecule has 0 aliphatic rings. The molecule has 2 heterocycles. The molecule has 0 fully saturated rings. The van der Waals surface area contributed by atoms with Gasteiger partial charge in [0, 0.05) is 13.1 Å². The quantitative estimate of drug-likeness (QED) is 0.799. The highest BCUT2D eigenvalue weighted by molar-refractivity contribution is 7.18. The zero-order valence-corrected chi connectivity index (χ0v) is 8.77. The van der Waals surface area contributed by atoms with E-state index in [1.807, 2.05) is 19.1 Å². The Kier molecular flexibility index (Phi) is 2.60. The average molecular weight is 208 g/mol. The van der Waals surface area contributed by atoms with Crippen LogP contribution < -0.4 is 11.1 Å². The van der Waals surface area contributed by atoms with E-state index in [1.54, 1.807) is 11.3 Å². The fourth-order valence-corrected chi connectivity index (χ4v) is 2.01. The van der Waals surface area contributed by atoms with Gasteiger partial charge in [0.15, 0.2) is 0 Å². The molecule has 3 N–H and O–H groups in total. The van der Waals surface area contributed by atoms with Crippen molar-refractivity contribution in [2.24, 2.45) is 5.73 Å². The number of aryl methyl sites for hydroxylation is 1. The Labute approximate surface area is 86.2 Å². The number of nitrogens with one attached hydrogen (secondary N) is 1. The van der Waals surface area contributed by atoms with E-state index < -0.39 is 0 Å². The van der Waals surface area contributed by atoms with Gasteiger partial charge in [-0.05, 0) is 19.1 Å². The van der Waals surface area contributed by atoms with Crippen LogP contribution in [0.2, 0.25) is 0 Å². The fourth-order valence-electron chi connectivity index (χ4n) is 1.22. The summed E-state index contributed by atoms with van der Waals surface area (Å²) >= 11 is 1.61. The highest BCUT2D eigenvalue weighted by Gasteiger charge is 2.02. The van der Waals surface area contributed by atoms with Gasteiger partial charge in [0.1, 0.15) is 16.2 Å². The zero-order chi connectivity index (χ0) is 9.97. The van der Waals surface area contributed by atoms with Crippen LogP contribution in [-0.4, -0.2) is 23.1 Å². The lowest BCUT2D eigenvalue weighted by molar-refractivity contribution is 1.01. The Morgan fingerprint density at radius 1 is 1.43 bits per heavy atom. The fraction of sp³-hybridized carbons (Fsp3) is 0.333. The topological polar surface area (TPSA) is 63.8 Å². The standard InChI is InChI=1S/C9H12N4S/c1-6-12-7-2-3-8(11-5-4-10)13-9(7)14-6/h2-3H,4-5,10H2,1H3,(H,11,13). The maximum absolute atomic E-state index is 5.39. The van der Waals surface area contributed by atoms with Crippen LogP contribution in [0.1, 0.15) is 5.01 Å². The minimum atomic E-state index is 0.613. The smallest absolute Gasteiger partial charge is 0.145 e. The third-order valence-electron chi connectivity index (χ3n) is 1.81.